The number of hydrogen-bond acceptors (Lipinski definition) is 4. The van der Waals surface area contributed by atoms with Gasteiger partial charge in [-0.05, 0) is 18.4 Å². The topological polar surface area (TPSA) is 79.3 Å². The molecule has 4 nitrogen and oxygen atoms in total. The zero-order valence-corrected chi connectivity index (χ0v) is 11.6. The number of benzene rings is 1. The average molecular weight is 271 g/mol. The van der Waals surface area contributed by atoms with E-state index in [2.05, 4.69) is 13.8 Å². The Morgan fingerprint density at radius 2 is 2.06 bits per heavy atom. The summed E-state index contributed by atoms with van der Waals surface area (Å²) in [6.45, 7) is 4.12. The Kier molecular flexibility index (Phi) is 6.53. The molecule has 0 amide bonds. The normalized spacial score (nSPS) is 11.6. The van der Waals surface area contributed by atoms with Gasteiger partial charge in [-0.15, -0.1) is 12.4 Å². The van der Waals surface area contributed by atoms with Crippen LogP contribution < -0.4 is 10.5 Å². The summed E-state index contributed by atoms with van der Waals surface area (Å²) in [5, 5.41) is 18.9. The number of nitrogens with two attached hydrogens (primary N) is 1. The summed E-state index contributed by atoms with van der Waals surface area (Å²) in [7, 11) is 1.45. The lowest BCUT2D eigenvalue weighted by Crippen LogP contribution is -2.13. The molecule has 100 valence electrons. The van der Waals surface area contributed by atoms with Crippen LogP contribution in [0.3, 0.4) is 0 Å². The average Bonchev–Trinajstić information content (AvgIpc) is 2.28. The Morgan fingerprint density at radius 1 is 1.44 bits per heavy atom. The summed E-state index contributed by atoms with van der Waals surface area (Å²) in [4.78, 5) is 0. The molecule has 3 N–H and O–H groups in total. The van der Waals surface area contributed by atoms with E-state index in [4.69, 9.17) is 15.7 Å². The molecule has 18 heavy (non-hydrogen) atoms. The van der Waals surface area contributed by atoms with E-state index >= 15 is 0 Å². The molecule has 1 aromatic rings. The quantitative estimate of drug-likeness (QED) is 0.882. The van der Waals surface area contributed by atoms with Crippen molar-refractivity contribution in [2.24, 2.45) is 11.7 Å². The Hall–Kier alpha value is -1.44. The molecule has 0 unspecified atom stereocenters. The van der Waals surface area contributed by atoms with Crippen LogP contribution in [0, 0.1) is 17.2 Å². The maximum Gasteiger partial charge on any atom is 0.162 e. The second-order valence-corrected chi connectivity index (χ2v) is 4.46. The molecule has 0 heterocycles. The van der Waals surface area contributed by atoms with Gasteiger partial charge in [0.2, 0.25) is 0 Å². The highest BCUT2D eigenvalue weighted by Gasteiger charge is 2.17. The number of halogens is 1. The van der Waals surface area contributed by atoms with Crippen molar-refractivity contribution in [3.05, 3.63) is 23.3 Å². The Bertz CT molecular complexity index is 441. The fraction of sp³-hybridized carbons (Fsp3) is 0.462. The maximum absolute atomic E-state index is 9.98. The van der Waals surface area contributed by atoms with Crippen molar-refractivity contribution in [1.29, 1.82) is 5.26 Å². The van der Waals surface area contributed by atoms with E-state index in [1.165, 1.54) is 13.2 Å². The fourth-order valence-corrected chi connectivity index (χ4v) is 1.77. The molecule has 0 aliphatic heterocycles. The summed E-state index contributed by atoms with van der Waals surface area (Å²) in [6.07, 6.45) is 0.742. The summed E-state index contributed by atoms with van der Waals surface area (Å²) in [6, 6.07) is 4.85. The van der Waals surface area contributed by atoms with E-state index in [0.29, 0.717) is 22.8 Å². The van der Waals surface area contributed by atoms with Crippen LogP contribution in [0.2, 0.25) is 0 Å². The van der Waals surface area contributed by atoms with Crippen molar-refractivity contribution in [2.45, 2.75) is 26.3 Å². The Balaban J connectivity index is 0.00000289. The molecule has 1 rings (SSSR count). The summed E-state index contributed by atoms with van der Waals surface area (Å²) < 4.78 is 5.03. The van der Waals surface area contributed by atoms with Gasteiger partial charge in [-0.1, -0.05) is 13.8 Å². The van der Waals surface area contributed by atoms with Crippen LogP contribution in [0.4, 0.5) is 0 Å². The van der Waals surface area contributed by atoms with Crippen LogP contribution in [0.25, 0.3) is 0 Å². The first-order valence-electron chi connectivity index (χ1n) is 5.56. The van der Waals surface area contributed by atoms with Gasteiger partial charge in [-0.25, -0.2) is 0 Å². The van der Waals surface area contributed by atoms with Crippen molar-refractivity contribution >= 4 is 12.4 Å². The van der Waals surface area contributed by atoms with Crippen LogP contribution in [0.1, 0.15) is 37.4 Å². The van der Waals surface area contributed by atoms with Crippen LogP contribution in [-0.2, 0) is 0 Å². The van der Waals surface area contributed by atoms with E-state index in [9.17, 15) is 5.11 Å². The zero-order valence-electron chi connectivity index (χ0n) is 10.8. The van der Waals surface area contributed by atoms with Crippen molar-refractivity contribution < 1.29 is 9.84 Å². The molecular formula is C13H19ClN2O2. The predicted molar refractivity (Wildman–Crippen MR) is 73.0 cm³/mol. The molecule has 0 aliphatic rings. The lowest BCUT2D eigenvalue weighted by molar-refractivity contribution is 0.366. The molecule has 0 radical (unpaired) electrons. The predicted octanol–water partition coefficient (Wildman–Crippen LogP) is 2.74. The second-order valence-electron chi connectivity index (χ2n) is 4.46. The third-order valence-electron chi connectivity index (χ3n) is 2.58. The number of hydrogen-bond donors (Lipinski definition) is 2. The van der Waals surface area contributed by atoms with Crippen LogP contribution in [0.15, 0.2) is 12.1 Å². The molecule has 0 bridgehead atoms. The number of nitriles is 1. The molecule has 0 saturated carbocycles. The lowest BCUT2D eigenvalue weighted by Gasteiger charge is -2.17. The van der Waals surface area contributed by atoms with Gasteiger partial charge in [-0.3, -0.25) is 0 Å². The number of nitrogens with zero attached hydrogens (tertiary/aromatic N) is 1. The van der Waals surface area contributed by atoms with Crippen LogP contribution in [-0.4, -0.2) is 12.2 Å². The van der Waals surface area contributed by atoms with Gasteiger partial charge in [0.25, 0.3) is 0 Å². The summed E-state index contributed by atoms with van der Waals surface area (Å²) in [5.74, 6) is 0.735. The minimum absolute atomic E-state index is 0. The first kappa shape index (κ1) is 16.6. The number of aromatic hydroxyl groups is 1. The molecule has 0 aromatic heterocycles. The number of methoxy groups -OCH3 is 1. The SMILES string of the molecule is COc1cc(C#N)cc([C@H](N)CC(C)C)c1O.Cl. The van der Waals surface area contributed by atoms with Gasteiger partial charge >= 0.3 is 0 Å². The lowest BCUT2D eigenvalue weighted by atomic mass is 9.95. The minimum Gasteiger partial charge on any atom is -0.504 e. The van der Waals surface area contributed by atoms with Gasteiger partial charge in [0, 0.05) is 17.7 Å². The van der Waals surface area contributed by atoms with Gasteiger partial charge in [0.05, 0.1) is 18.7 Å². The molecule has 0 spiro atoms. The standard InChI is InChI=1S/C13H18N2O2.ClH/c1-8(2)4-11(15)10-5-9(7-14)6-12(17-3)13(10)16;/h5-6,8,11,16H,4,15H2,1-3H3;1H/t11-;/m1./s1. The van der Waals surface area contributed by atoms with E-state index in [0.717, 1.165) is 6.42 Å². The van der Waals surface area contributed by atoms with E-state index in [-0.39, 0.29) is 24.2 Å². The Labute approximate surface area is 114 Å². The summed E-state index contributed by atoms with van der Waals surface area (Å²) >= 11 is 0. The number of ether oxygens (including phenoxy) is 1. The van der Waals surface area contributed by atoms with E-state index in [1.807, 2.05) is 6.07 Å². The first-order valence-corrected chi connectivity index (χ1v) is 5.56. The smallest absolute Gasteiger partial charge is 0.162 e. The molecule has 0 fully saturated rings. The van der Waals surface area contributed by atoms with E-state index in [1.54, 1.807) is 6.07 Å². The van der Waals surface area contributed by atoms with Crippen molar-refractivity contribution in [3.8, 4) is 17.6 Å². The molecule has 0 aliphatic carbocycles. The van der Waals surface area contributed by atoms with Crippen LogP contribution >= 0.6 is 12.4 Å². The third-order valence-corrected chi connectivity index (χ3v) is 2.58. The van der Waals surface area contributed by atoms with Gasteiger partial charge in [0.15, 0.2) is 11.5 Å². The molecule has 1 atom stereocenters. The molecular weight excluding hydrogens is 252 g/mol. The number of rotatable bonds is 4. The number of phenols is 1. The Morgan fingerprint density at radius 3 is 2.50 bits per heavy atom. The van der Waals surface area contributed by atoms with E-state index < -0.39 is 0 Å². The van der Waals surface area contributed by atoms with Crippen LogP contribution in [0.5, 0.6) is 11.5 Å². The monoisotopic (exact) mass is 270 g/mol. The summed E-state index contributed by atoms with van der Waals surface area (Å²) in [5.41, 5.74) is 7.02. The molecule has 1 aromatic carbocycles. The largest absolute Gasteiger partial charge is 0.504 e. The van der Waals surface area contributed by atoms with Crippen molar-refractivity contribution in [3.63, 3.8) is 0 Å². The van der Waals surface area contributed by atoms with Crippen molar-refractivity contribution in [1.82, 2.24) is 0 Å². The van der Waals surface area contributed by atoms with Crippen molar-refractivity contribution in [2.75, 3.05) is 7.11 Å². The second kappa shape index (κ2) is 7.10. The van der Waals surface area contributed by atoms with Gasteiger partial charge in [-0.2, -0.15) is 5.26 Å². The fourth-order valence-electron chi connectivity index (χ4n) is 1.77. The highest BCUT2D eigenvalue weighted by molar-refractivity contribution is 5.85. The van der Waals surface area contributed by atoms with Gasteiger partial charge < -0.3 is 15.6 Å². The minimum atomic E-state index is -0.294. The highest BCUT2D eigenvalue weighted by Crippen LogP contribution is 2.36. The molecule has 0 saturated heterocycles. The van der Waals surface area contributed by atoms with Gasteiger partial charge in [0.1, 0.15) is 0 Å². The third kappa shape index (κ3) is 3.80. The highest BCUT2D eigenvalue weighted by atomic mass is 35.5. The maximum atomic E-state index is 9.98. The molecule has 5 heteroatoms. The first-order chi connectivity index (χ1) is 7.99. The zero-order chi connectivity index (χ0) is 13.0. The number of phenolic OH excluding ortho intramolecular Hbond substituents is 1.